The summed E-state index contributed by atoms with van der Waals surface area (Å²) in [4.78, 5) is 23.5. The van der Waals surface area contributed by atoms with E-state index < -0.39 is 0 Å². The minimum atomic E-state index is -0.359. The molecule has 0 unspecified atom stereocenters. The molecule has 2 amide bonds. The van der Waals surface area contributed by atoms with Crippen molar-refractivity contribution >= 4 is 35.2 Å². The van der Waals surface area contributed by atoms with Crippen LogP contribution in [0.25, 0.3) is 6.08 Å². The molecule has 0 fully saturated rings. The molecule has 0 aliphatic heterocycles. The zero-order valence-corrected chi connectivity index (χ0v) is 14.1. The van der Waals surface area contributed by atoms with E-state index in [1.54, 1.807) is 42.5 Å². The molecule has 0 aliphatic rings. The van der Waals surface area contributed by atoms with Crippen molar-refractivity contribution in [3.05, 3.63) is 70.8 Å². The summed E-state index contributed by atoms with van der Waals surface area (Å²) >= 11 is 6.04. The molecule has 0 atom stereocenters. The van der Waals surface area contributed by atoms with Crippen LogP contribution >= 0.6 is 11.6 Å². The van der Waals surface area contributed by atoms with E-state index >= 15 is 0 Å². The Kier molecular flexibility index (Phi) is 6.76. The van der Waals surface area contributed by atoms with Crippen molar-refractivity contribution in [1.29, 1.82) is 5.26 Å². The fraction of sp³-hybridized carbons (Fsp3) is 0.105. The second kappa shape index (κ2) is 9.26. The quantitative estimate of drug-likeness (QED) is 0.779. The lowest BCUT2D eigenvalue weighted by atomic mass is 10.1. The van der Waals surface area contributed by atoms with Gasteiger partial charge in [-0.2, -0.15) is 5.26 Å². The molecule has 0 radical (unpaired) electrons. The van der Waals surface area contributed by atoms with E-state index in [-0.39, 0.29) is 24.8 Å². The molecule has 25 heavy (non-hydrogen) atoms. The van der Waals surface area contributed by atoms with Gasteiger partial charge >= 0.3 is 0 Å². The maximum atomic E-state index is 12.1. The zero-order valence-electron chi connectivity index (χ0n) is 13.3. The van der Waals surface area contributed by atoms with Crippen LogP contribution in [0.3, 0.4) is 0 Å². The molecule has 0 saturated carbocycles. The third-order valence-corrected chi connectivity index (χ3v) is 3.65. The van der Waals surface area contributed by atoms with Crippen LogP contribution in [0.5, 0.6) is 0 Å². The van der Waals surface area contributed by atoms with Crippen molar-refractivity contribution in [3.63, 3.8) is 0 Å². The molecule has 0 saturated heterocycles. The van der Waals surface area contributed by atoms with Gasteiger partial charge in [-0.25, -0.2) is 0 Å². The van der Waals surface area contributed by atoms with Crippen LogP contribution in [0.4, 0.5) is 5.69 Å². The van der Waals surface area contributed by atoms with Crippen molar-refractivity contribution in [2.45, 2.75) is 13.0 Å². The average Bonchev–Trinajstić information content (AvgIpc) is 2.60. The summed E-state index contributed by atoms with van der Waals surface area (Å²) in [5.74, 6) is -0.669. The molecule has 6 heteroatoms. The molecule has 0 heterocycles. The van der Waals surface area contributed by atoms with Gasteiger partial charge in [0.1, 0.15) is 6.42 Å². The van der Waals surface area contributed by atoms with Crippen LogP contribution in [-0.2, 0) is 16.1 Å². The summed E-state index contributed by atoms with van der Waals surface area (Å²) < 4.78 is 0. The summed E-state index contributed by atoms with van der Waals surface area (Å²) in [7, 11) is 0. The topological polar surface area (TPSA) is 82.0 Å². The fourth-order valence-electron chi connectivity index (χ4n) is 2.07. The number of carbonyl (C=O) groups excluding carboxylic acids is 2. The van der Waals surface area contributed by atoms with Crippen LogP contribution < -0.4 is 10.6 Å². The third kappa shape index (κ3) is 5.79. The first-order valence-corrected chi connectivity index (χ1v) is 7.93. The molecule has 2 aromatic carbocycles. The maximum Gasteiger partial charge on any atom is 0.248 e. The first-order valence-electron chi connectivity index (χ1n) is 7.55. The number of carbonyl (C=O) groups is 2. The number of halogens is 1. The average molecular weight is 354 g/mol. The Balaban J connectivity index is 2.02. The predicted octanol–water partition coefficient (Wildman–Crippen LogP) is 3.52. The summed E-state index contributed by atoms with van der Waals surface area (Å²) in [5.41, 5.74) is 2.08. The van der Waals surface area contributed by atoms with Crippen molar-refractivity contribution in [2.75, 3.05) is 5.32 Å². The molecule has 2 N–H and O–H groups in total. The first-order chi connectivity index (χ1) is 12.1. The normalized spacial score (nSPS) is 10.2. The van der Waals surface area contributed by atoms with E-state index in [1.165, 1.54) is 6.08 Å². The molecule has 2 rings (SSSR count). The Morgan fingerprint density at radius 3 is 2.60 bits per heavy atom. The van der Waals surface area contributed by atoms with Gasteiger partial charge in [0.25, 0.3) is 0 Å². The van der Waals surface area contributed by atoms with Crippen molar-refractivity contribution in [2.24, 2.45) is 0 Å². The molecular formula is C19H16ClN3O2. The highest BCUT2D eigenvalue weighted by molar-refractivity contribution is 6.32. The second-order valence-electron chi connectivity index (χ2n) is 5.11. The number of benzene rings is 2. The molecule has 0 bridgehead atoms. The number of para-hydroxylation sites is 1. The van der Waals surface area contributed by atoms with Crippen LogP contribution in [0.15, 0.2) is 54.6 Å². The van der Waals surface area contributed by atoms with Crippen molar-refractivity contribution in [3.8, 4) is 6.07 Å². The number of hydrogen-bond donors (Lipinski definition) is 2. The van der Waals surface area contributed by atoms with E-state index in [9.17, 15) is 9.59 Å². The predicted molar refractivity (Wildman–Crippen MR) is 97.6 cm³/mol. The van der Waals surface area contributed by atoms with Gasteiger partial charge in [-0.1, -0.05) is 48.0 Å². The Bertz CT molecular complexity index is 841. The number of rotatable bonds is 6. The van der Waals surface area contributed by atoms with Crippen molar-refractivity contribution in [1.82, 2.24) is 5.32 Å². The summed E-state index contributed by atoms with van der Waals surface area (Å²) in [6.45, 7) is 0.227. The van der Waals surface area contributed by atoms with E-state index in [4.69, 9.17) is 16.9 Å². The standard InChI is InChI=1S/C19H16ClN3O2/c20-16-7-3-1-5-14(16)9-10-19(25)23-17-8-4-2-6-15(17)13-22-18(24)11-12-21/h1-10H,11,13H2,(H,22,24)(H,23,25)/b10-9+. The van der Waals surface area contributed by atoms with Gasteiger partial charge in [-0.3, -0.25) is 9.59 Å². The summed E-state index contributed by atoms with van der Waals surface area (Å²) in [5, 5.41) is 14.5. The van der Waals surface area contributed by atoms with Crippen LogP contribution in [0.2, 0.25) is 5.02 Å². The molecule has 2 aromatic rings. The van der Waals surface area contributed by atoms with E-state index in [2.05, 4.69) is 10.6 Å². The van der Waals surface area contributed by atoms with Gasteiger partial charge in [0, 0.05) is 23.3 Å². The fourth-order valence-corrected chi connectivity index (χ4v) is 2.27. The molecular weight excluding hydrogens is 338 g/mol. The maximum absolute atomic E-state index is 12.1. The molecule has 126 valence electrons. The smallest absolute Gasteiger partial charge is 0.248 e. The lowest BCUT2D eigenvalue weighted by Crippen LogP contribution is -2.22. The first kappa shape index (κ1) is 18.2. The van der Waals surface area contributed by atoms with Crippen molar-refractivity contribution < 1.29 is 9.59 Å². The molecule has 5 nitrogen and oxygen atoms in total. The highest BCUT2D eigenvalue weighted by Crippen LogP contribution is 2.17. The molecule has 0 aromatic heterocycles. The van der Waals surface area contributed by atoms with Gasteiger partial charge in [0.05, 0.1) is 6.07 Å². The Morgan fingerprint density at radius 2 is 1.84 bits per heavy atom. The second-order valence-corrected chi connectivity index (χ2v) is 5.52. The highest BCUT2D eigenvalue weighted by atomic mass is 35.5. The number of amides is 2. The number of nitrogens with zero attached hydrogens (tertiary/aromatic N) is 1. The zero-order chi connectivity index (χ0) is 18.1. The van der Waals surface area contributed by atoms with Crippen LogP contribution in [0, 0.1) is 11.3 Å². The lowest BCUT2D eigenvalue weighted by molar-refractivity contribution is -0.120. The van der Waals surface area contributed by atoms with Gasteiger partial charge in [-0.15, -0.1) is 0 Å². The third-order valence-electron chi connectivity index (χ3n) is 3.31. The summed E-state index contributed by atoms with van der Waals surface area (Å²) in [6, 6.07) is 16.1. The van der Waals surface area contributed by atoms with Crippen LogP contribution in [-0.4, -0.2) is 11.8 Å². The monoisotopic (exact) mass is 353 g/mol. The largest absolute Gasteiger partial charge is 0.351 e. The summed E-state index contributed by atoms with van der Waals surface area (Å²) in [6.07, 6.45) is 2.83. The van der Waals surface area contributed by atoms with Gasteiger partial charge in [-0.05, 0) is 29.3 Å². The minimum absolute atomic E-state index is 0.199. The number of nitrogens with one attached hydrogen (secondary N) is 2. The SMILES string of the molecule is N#CCC(=O)NCc1ccccc1NC(=O)/C=C/c1ccccc1Cl. The van der Waals surface area contributed by atoms with E-state index in [1.807, 2.05) is 18.2 Å². The van der Waals surface area contributed by atoms with Gasteiger partial charge < -0.3 is 10.6 Å². The Labute approximate surface area is 150 Å². The number of nitriles is 1. The van der Waals surface area contributed by atoms with Gasteiger partial charge in [0.2, 0.25) is 11.8 Å². The number of hydrogen-bond acceptors (Lipinski definition) is 3. The number of anilines is 1. The Morgan fingerprint density at radius 1 is 1.12 bits per heavy atom. The Hall–Kier alpha value is -3.10. The minimum Gasteiger partial charge on any atom is -0.351 e. The van der Waals surface area contributed by atoms with Gasteiger partial charge in [0.15, 0.2) is 0 Å². The molecule has 0 aliphatic carbocycles. The van der Waals surface area contributed by atoms with E-state index in [0.717, 1.165) is 11.1 Å². The van der Waals surface area contributed by atoms with E-state index in [0.29, 0.717) is 10.7 Å². The highest BCUT2D eigenvalue weighted by Gasteiger charge is 2.06. The molecule has 0 spiro atoms. The van der Waals surface area contributed by atoms with Crippen LogP contribution in [0.1, 0.15) is 17.5 Å². The lowest BCUT2D eigenvalue weighted by Gasteiger charge is -2.10.